The summed E-state index contributed by atoms with van der Waals surface area (Å²) in [6.07, 6.45) is 0. The fourth-order valence-electron chi connectivity index (χ4n) is 5.24. The van der Waals surface area contributed by atoms with E-state index >= 15 is 4.57 Å². The third-order valence-corrected chi connectivity index (χ3v) is 10.4. The van der Waals surface area contributed by atoms with Crippen LogP contribution in [0, 0.1) is 0 Å². The van der Waals surface area contributed by atoms with Crippen molar-refractivity contribution in [2.45, 2.75) is 118 Å². The molecule has 2 aromatic rings. The molecule has 1 aliphatic heterocycles. The van der Waals surface area contributed by atoms with Crippen LogP contribution in [0.4, 0.5) is 0 Å². The molecule has 2 nitrogen and oxygen atoms in total. The van der Waals surface area contributed by atoms with E-state index in [0.717, 1.165) is 10.6 Å². The van der Waals surface area contributed by atoms with Crippen LogP contribution >= 0.6 is 7.29 Å². The first kappa shape index (κ1) is 26.2. The molecule has 0 saturated carbocycles. The van der Waals surface area contributed by atoms with Gasteiger partial charge in [-0.3, -0.25) is 9.65 Å². The van der Waals surface area contributed by atoms with Crippen LogP contribution in [-0.2, 0) is 10.1 Å². The van der Waals surface area contributed by atoms with Crippen LogP contribution in [0.3, 0.4) is 0 Å². The highest BCUT2D eigenvalue weighted by Gasteiger charge is 2.49. The Bertz CT molecular complexity index is 1060. The van der Waals surface area contributed by atoms with E-state index in [1.54, 1.807) is 0 Å². The molecule has 2 aromatic carbocycles. The number of hydrogen-bond acceptors (Lipinski definition) is 1. The van der Waals surface area contributed by atoms with E-state index in [-0.39, 0.29) is 5.54 Å². The van der Waals surface area contributed by atoms with Crippen molar-refractivity contribution in [3.8, 4) is 0 Å². The first-order chi connectivity index (χ1) is 15.1. The number of benzene rings is 2. The molecule has 33 heavy (non-hydrogen) atoms. The van der Waals surface area contributed by atoms with Crippen molar-refractivity contribution in [2.24, 2.45) is 0 Å². The maximum Gasteiger partial charge on any atom is 0.206 e. The first-order valence-electron chi connectivity index (χ1n) is 12.9. The lowest BCUT2D eigenvalue weighted by atomic mass is 9.87. The van der Waals surface area contributed by atoms with E-state index in [1.165, 1.54) is 33.4 Å². The molecule has 0 aliphatic carbocycles. The second kappa shape index (κ2) is 9.01. The molecule has 182 valence electrons. The Kier molecular flexibility index (Phi) is 7.16. The van der Waals surface area contributed by atoms with Gasteiger partial charge in [-0.1, -0.05) is 93.5 Å². The minimum Gasteiger partial charge on any atom is -0.296 e. The summed E-state index contributed by atoms with van der Waals surface area (Å²) in [5.74, 6) is 1.78. The number of fused-ring (bicyclic) bond motifs is 1. The smallest absolute Gasteiger partial charge is 0.206 e. The zero-order valence-electron chi connectivity index (χ0n) is 23.1. The molecule has 0 radical (unpaired) electrons. The van der Waals surface area contributed by atoms with Gasteiger partial charge in [0.15, 0.2) is 0 Å². The van der Waals surface area contributed by atoms with Crippen LogP contribution in [0.5, 0.6) is 0 Å². The predicted octanol–water partition coefficient (Wildman–Crippen LogP) is 8.37. The Balaban J connectivity index is 2.50. The largest absolute Gasteiger partial charge is 0.296 e. The fourth-order valence-corrected chi connectivity index (χ4v) is 9.34. The molecule has 1 N–H and O–H groups in total. The van der Waals surface area contributed by atoms with Gasteiger partial charge >= 0.3 is 0 Å². The third kappa shape index (κ3) is 4.51. The molecule has 0 fully saturated rings. The van der Waals surface area contributed by atoms with E-state index in [1.807, 2.05) is 0 Å². The van der Waals surface area contributed by atoms with Crippen molar-refractivity contribution in [3.63, 3.8) is 0 Å². The quantitative estimate of drug-likeness (QED) is 0.432. The van der Waals surface area contributed by atoms with Gasteiger partial charge in [-0.05, 0) is 76.8 Å². The highest BCUT2D eigenvalue weighted by Crippen LogP contribution is 2.55. The van der Waals surface area contributed by atoms with Crippen LogP contribution in [0.1, 0.15) is 146 Å². The van der Waals surface area contributed by atoms with Gasteiger partial charge in [0.05, 0.1) is 0 Å². The van der Waals surface area contributed by atoms with Crippen molar-refractivity contribution in [1.29, 1.82) is 0 Å². The van der Waals surface area contributed by atoms with Crippen LogP contribution in [0.2, 0.25) is 0 Å². The average molecular weight is 468 g/mol. The van der Waals surface area contributed by atoms with Crippen LogP contribution in [-0.4, -0.2) is 0 Å². The summed E-state index contributed by atoms with van der Waals surface area (Å²) >= 11 is 0. The Morgan fingerprint density at radius 2 is 0.970 bits per heavy atom. The van der Waals surface area contributed by atoms with Gasteiger partial charge in [0.25, 0.3) is 0 Å². The van der Waals surface area contributed by atoms with Crippen molar-refractivity contribution in [2.75, 3.05) is 0 Å². The molecular weight excluding hydrogens is 421 g/mol. The normalized spacial score (nSPS) is 20.0. The number of nitrogens with one attached hydrogen (secondary N) is 1. The molecular formula is C30H46NOP. The van der Waals surface area contributed by atoms with Gasteiger partial charge in [0.1, 0.15) is 0 Å². The second-order valence-corrected chi connectivity index (χ2v) is 14.5. The minimum atomic E-state index is -3.06. The summed E-state index contributed by atoms with van der Waals surface area (Å²) in [6, 6.07) is 9.32. The van der Waals surface area contributed by atoms with Crippen LogP contribution in [0.25, 0.3) is 0 Å². The summed E-state index contributed by atoms with van der Waals surface area (Å²) in [5.41, 5.74) is 7.28. The van der Waals surface area contributed by atoms with Gasteiger partial charge in [0.2, 0.25) is 7.29 Å². The van der Waals surface area contributed by atoms with Crippen LogP contribution < -0.4 is 15.7 Å². The lowest BCUT2D eigenvalue weighted by Crippen LogP contribution is -2.33. The van der Waals surface area contributed by atoms with Gasteiger partial charge in [-0.25, -0.2) is 0 Å². The Morgan fingerprint density at radius 3 is 1.33 bits per heavy atom. The van der Waals surface area contributed by atoms with Crippen molar-refractivity contribution < 1.29 is 4.57 Å². The summed E-state index contributed by atoms with van der Waals surface area (Å²) < 4.78 is 15.5. The summed E-state index contributed by atoms with van der Waals surface area (Å²) in [5, 5.41) is 5.89. The van der Waals surface area contributed by atoms with Gasteiger partial charge in [0, 0.05) is 16.1 Å². The molecule has 0 spiro atoms. The topological polar surface area (TPSA) is 29.1 Å². The highest BCUT2D eigenvalue weighted by atomic mass is 31.2. The summed E-state index contributed by atoms with van der Waals surface area (Å²) in [4.78, 5) is 0. The van der Waals surface area contributed by atoms with Crippen molar-refractivity contribution in [1.82, 2.24) is 5.09 Å². The standard InChI is InChI=1S/C30H46NOP/c1-17(2)22-13-24(19(5)6)28(25(14-22)20(7)8)33(32)29-26(21(9)10)15-23(18(3)4)16-27(29)30(11,12)31-33/h13-21H,1-12H3,(H,31,32). The Labute approximate surface area is 203 Å². The van der Waals surface area contributed by atoms with E-state index in [9.17, 15) is 0 Å². The van der Waals surface area contributed by atoms with E-state index in [0.29, 0.717) is 29.6 Å². The fraction of sp³-hybridized carbons (Fsp3) is 0.600. The van der Waals surface area contributed by atoms with E-state index in [2.05, 4.69) is 112 Å². The monoisotopic (exact) mass is 467 g/mol. The molecule has 3 heteroatoms. The zero-order valence-corrected chi connectivity index (χ0v) is 23.9. The minimum absolute atomic E-state index is 0.299. The van der Waals surface area contributed by atoms with Crippen molar-refractivity contribution >= 4 is 17.9 Å². The molecule has 1 unspecified atom stereocenters. The summed E-state index contributed by atoms with van der Waals surface area (Å²) in [7, 11) is -3.06. The number of rotatable bonds is 6. The molecule has 0 bridgehead atoms. The second-order valence-electron chi connectivity index (χ2n) is 12.2. The van der Waals surface area contributed by atoms with Crippen LogP contribution in [0.15, 0.2) is 24.3 Å². The highest BCUT2D eigenvalue weighted by molar-refractivity contribution is 7.77. The van der Waals surface area contributed by atoms with E-state index in [4.69, 9.17) is 0 Å². The third-order valence-electron chi connectivity index (χ3n) is 7.29. The maximum absolute atomic E-state index is 15.5. The zero-order chi connectivity index (χ0) is 25.0. The lowest BCUT2D eigenvalue weighted by molar-refractivity contribution is 0.496. The molecule has 0 saturated heterocycles. The molecule has 0 aromatic heterocycles. The van der Waals surface area contributed by atoms with Crippen molar-refractivity contribution in [3.05, 3.63) is 57.6 Å². The van der Waals surface area contributed by atoms with Gasteiger partial charge < -0.3 is 0 Å². The molecule has 1 atom stereocenters. The maximum atomic E-state index is 15.5. The molecule has 1 heterocycles. The Hall–Kier alpha value is -1.37. The molecule has 1 aliphatic rings. The summed E-state index contributed by atoms with van der Waals surface area (Å²) in [6.45, 7) is 26.9. The average Bonchev–Trinajstić information content (AvgIpc) is 2.92. The SMILES string of the molecule is CC(C)c1cc(C(C)C)c(P2(=O)NC(C)(C)c3cc(C(C)C)cc(C(C)C)c32)c(C(C)C)c1. The predicted molar refractivity (Wildman–Crippen MR) is 146 cm³/mol. The molecule has 3 rings (SSSR count). The lowest BCUT2D eigenvalue weighted by Gasteiger charge is -2.29. The van der Waals surface area contributed by atoms with Gasteiger partial charge in [-0.15, -0.1) is 0 Å². The molecule has 0 amide bonds. The van der Waals surface area contributed by atoms with E-state index < -0.39 is 7.29 Å². The first-order valence-corrected chi connectivity index (χ1v) is 14.6. The number of hydrogen-bond donors (Lipinski definition) is 1. The Morgan fingerprint density at radius 1 is 0.606 bits per heavy atom. The van der Waals surface area contributed by atoms with Gasteiger partial charge in [-0.2, -0.15) is 0 Å².